The average Bonchev–Trinajstić information content (AvgIpc) is 3.07. The number of hydrogen-bond donors (Lipinski definition) is 12. The topological polar surface area (TPSA) is 389 Å². The minimum Gasteiger partial charge on any atom is -0.481 e. The quantitative estimate of drug-likeness (QED) is 0.0258. The van der Waals surface area contributed by atoms with E-state index < -0.39 is 78.1 Å². The van der Waals surface area contributed by atoms with E-state index in [0.717, 1.165) is 0 Å². The van der Waals surface area contributed by atoms with E-state index in [4.69, 9.17) is 34.4 Å². The Bertz CT molecular complexity index is 1430. The normalized spacial score (nSPS) is 13.5. The number of carbonyl (C=O) groups is 7. The molecule has 0 bridgehead atoms. The molecule has 0 aliphatic carbocycles. The van der Waals surface area contributed by atoms with Crippen LogP contribution in [0, 0.1) is 0 Å². The predicted octanol–water partition coefficient (Wildman–Crippen LogP) is -4.18. The molecular formula is C31H50N12O9. The van der Waals surface area contributed by atoms with Crippen molar-refractivity contribution in [3.8, 4) is 0 Å². The molecule has 0 heterocycles. The molecule has 5 amide bonds. The molecule has 1 aromatic rings. The summed E-state index contributed by atoms with van der Waals surface area (Å²) in [6, 6.07) is 1.63. The average molecular weight is 735 g/mol. The smallest absolute Gasteiger partial charge is 0.326 e. The van der Waals surface area contributed by atoms with E-state index in [1.165, 1.54) is 0 Å². The van der Waals surface area contributed by atoms with Gasteiger partial charge in [-0.2, -0.15) is 0 Å². The number of aliphatic imine (C=N–C) groups is 2. The standard InChI is InChI=1S/C31H50N12O9/c32-18(8-4-14-38-30(34)35)25(47)40-20(11-13-24(45)46)27(49)41-19(9-5-15-39-31(36)37)26(48)43-22(16-17-6-2-1-3-7-17)28(50)42-21(29(51)52)10-12-23(33)44/h1-3,6-7,18-22H,4-5,8-16,32H2,(H2,33,44)(H,40,47)(H,41,49)(H,42,50)(H,43,48)(H,45,46)(H,51,52)(H4,34,35,38)(H4,36,37,39)/t18-,19-,20-,21-,22-/m0/s1. The molecule has 1 aromatic carbocycles. The minimum absolute atomic E-state index is 0.0456. The number of carboxylic acids is 2. The first-order valence-corrected chi connectivity index (χ1v) is 16.3. The van der Waals surface area contributed by atoms with Crippen LogP contribution < -0.4 is 55.7 Å². The van der Waals surface area contributed by atoms with Gasteiger partial charge in [-0.3, -0.25) is 38.8 Å². The number of rotatable bonds is 25. The molecule has 0 saturated heterocycles. The number of nitrogens with zero attached hydrogens (tertiary/aromatic N) is 2. The van der Waals surface area contributed by atoms with Crippen LogP contribution in [-0.4, -0.2) is 107 Å². The van der Waals surface area contributed by atoms with E-state index >= 15 is 0 Å². The Kier molecular flexibility index (Phi) is 19.8. The first-order chi connectivity index (χ1) is 24.5. The molecule has 0 unspecified atom stereocenters. The third kappa shape index (κ3) is 18.7. The summed E-state index contributed by atoms with van der Waals surface area (Å²) in [6.45, 7) is 0.237. The summed E-state index contributed by atoms with van der Waals surface area (Å²) in [4.78, 5) is 95.7. The molecule has 0 spiro atoms. The second kappa shape index (κ2) is 23.4. The number of primary amides is 1. The first-order valence-electron chi connectivity index (χ1n) is 16.3. The first kappa shape index (κ1) is 44.0. The van der Waals surface area contributed by atoms with E-state index in [-0.39, 0.29) is 70.0 Å². The van der Waals surface area contributed by atoms with Crippen LogP contribution in [-0.2, 0) is 40.0 Å². The van der Waals surface area contributed by atoms with Crippen molar-refractivity contribution >= 4 is 53.4 Å². The Morgan fingerprint density at radius 3 is 1.58 bits per heavy atom. The number of benzene rings is 1. The molecule has 21 heteroatoms. The van der Waals surface area contributed by atoms with Crippen molar-refractivity contribution < 1.29 is 43.8 Å². The van der Waals surface area contributed by atoms with E-state index in [0.29, 0.717) is 12.0 Å². The highest BCUT2D eigenvalue weighted by molar-refractivity contribution is 5.95. The molecule has 0 radical (unpaired) electrons. The van der Waals surface area contributed by atoms with Crippen LogP contribution in [0.15, 0.2) is 40.3 Å². The van der Waals surface area contributed by atoms with Gasteiger partial charge in [0.2, 0.25) is 29.5 Å². The predicted molar refractivity (Wildman–Crippen MR) is 189 cm³/mol. The fraction of sp³-hybridized carbons (Fsp3) is 0.516. The van der Waals surface area contributed by atoms with Crippen LogP contribution in [0.4, 0.5) is 0 Å². The monoisotopic (exact) mass is 734 g/mol. The molecule has 21 nitrogen and oxygen atoms in total. The second-order valence-electron chi connectivity index (χ2n) is 11.7. The number of nitrogens with two attached hydrogens (primary N) is 6. The van der Waals surface area contributed by atoms with Crippen molar-refractivity contribution in [3.05, 3.63) is 35.9 Å². The van der Waals surface area contributed by atoms with Crippen LogP contribution in [0.3, 0.4) is 0 Å². The van der Waals surface area contributed by atoms with E-state index in [2.05, 4.69) is 31.3 Å². The van der Waals surface area contributed by atoms with Crippen LogP contribution >= 0.6 is 0 Å². The van der Waals surface area contributed by atoms with Crippen LogP contribution in [0.5, 0.6) is 0 Å². The summed E-state index contributed by atoms with van der Waals surface area (Å²) in [5, 5.41) is 28.7. The zero-order chi connectivity index (χ0) is 39.2. The number of carbonyl (C=O) groups excluding carboxylic acids is 5. The molecular weight excluding hydrogens is 684 g/mol. The lowest BCUT2D eigenvalue weighted by atomic mass is 10.0. The Morgan fingerprint density at radius 2 is 1.06 bits per heavy atom. The number of hydrogen-bond acceptors (Lipinski definition) is 10. The molecule has 18 N–H and O–H groups in total. The molecule has 0 saturated carbocycles. The van der Waals surface area contributed by atoms with Gasteiger partial charge in [0.15, 0.2) is 11.9 Å². The van der Waals surface area contributed by atoms with Gasteiger partial charge < -0.3 is 65.9 Å². The number of carboxylic acid groups (broad SMARTS) is 2. The van der Waals surface area contributed by atoms with E-state index in [1.807, 2.05) is 0 Å². The van der Waals surface area contributed by atoms with Crippen molar-refractivity contribution in [2.24, 2.45) is 44.4 Å². The third-order valence-corrected chi connectivity index (χ3v) is 7.37. The number of nitrogens with one attached hydrogen (secondary N) is 4. The third-order valence-electron chi connectivity index (χ3n) is 7.37. The highest BCUT2D eigenvalue weighted by Crippen LogP contribution is 2.09. The van der Waals surface area contributed by atoms with Gasteiger partial charge in [0.05, 0.1) is 6.04 Å². The van der Waals surface area contributed by atoms with Crippen molar-refractivity contribution in [2.45, 2.75) is 88.0 Å². The van der Waals surface area contributed by atoms with Gasteiger partial charge in [0.1, 0.15) is 24.2 Å². The SMILES string of the molecule is NC(=O)CC[C@H](NC(=O)[C@H](Cc1ccccc1)NC(=O)[C@H](CCCN=C(N)N)NC(=O)[C@H](CCC(=O)O)NC(=O)[C@@H](N)CCCN=C(N)N)C(=O)O. The molecule has 0 aliphatic rings. The van der Waals surface area contributed by atoms with Crippen molar-refractivity contribution in [3.63, 3.8) is 0 Å². The summed E-state index contributed by atoms with van der Waals surface area (Å²) in [5.74, 6) is -7.32. The summed E-state index contributed by atoms with van der Waals surface area (Å²) < 4.78 is 0. The maximum atomic E-state index is 13.8. The lowest BCUT2D eigenvalue weighted by Crippen LogP contribution is -2.59. The fourth-order valence-electron chi connectivity index (χ4n) is 4.66. The molecule has 1 rings (SSSR count). The largest absolute Gasteiger partial charge is 0.481 e. The van der Waals surface area contributed by atoms with Gasteiger partial charge in [-0.15, -0.1) is 0 Å². The zero-order valence-electron chi connectivity index (χ0n) is 28.7. The fourth-order valence-corrected chi connectivity index (χ4v) is 4.66. The number of amides is 5. The van der Waals surface area contributed by atoms with Gasteiger partial charge in [-0.25, -0.2) is 4.79 Å². The maximum absolute atomic E-state index is 13.8. The Balaban J connectivity index is 3.32. The molecule has 288 valence electrons. The van der Waals surface area contributed by atoms with Gasteiger partial charge in [0, 0.05) is 32.4 Å². The second-order valence-corrected chi connectivity index (χ2v) is 11.7. The van der Waals surface area contributed by atoms with Gasteiger partial charge in [0.25, 0.3) is 0 Å². The maximum Gasteiger partial charge on any atom is 0.326 e. The highest BCUT2D eigenvalue weighted by atomic mass is 16.4. The summed E-state index contributed by atoms with van der Waals surface area (Å²) in [5.41, 5.74) is 33.1. The minimum atomic E-state index is -1.51. The summed E-state index contributed by atoms with van der Waals surface area (Å²) >= 11 is 0. The molecule has 52 heavy (non-hydrogen) atoms. The van der Waals surface area contributed by atoms with Gasteiger partial charge in [-0.1, -0.05) is 30.3 Å². The van der Waals surface area contributed by atoms with Crippen molar-refractivity contribution in [2.75, 3.05) is 13.1 Å². The van der Waals surface area contributed by atoms with Gasteiger partial charge in [-0.05, 0) is 44.1 Å². The van der Waals surface area contributed by atoms with Crippen LogP contribution in [0.25, 0.3) is 0 Å². The summed E-state index contributed by atoms with van der Waals surface area (Å²) in [7, 11) is 0. The zero-order valence-corrected chi connectivity index (χ0v) is 28.7. The lowest BCUT2D eigenvalue weighted by molar-refractivity contribution is -0.142. The lowest BCUT2D eigenvalue weighted by Gasteiger charge is -2.26. The highest BCUT2D eigenvalue weighted by Gasteiger charge is 2.32. The molecule has 0 aromatic heterocycles. The molecule has 0 aliphatic heterocycles. The number of aliphatic carboxylic acids is 2. The Morgan fingerprint density at radius 1 is 0.596 bits per heavy atom. The molecule has 0 fully saturated rings. The van der Waals surface area contributed by atoms with E-state index in [9.17, 15) is 43.8 Å². The molecule has 5 atom stereocenters. The van der Waals surface area contributed by atoms with Crippen LogP contribution in [0.2, 0.25) is 0 Å². The van der Waals surface area contributed by atoms with Gasteiger partial charge >= 0.3 is 11.9 Å². The Labute approximate surface area is 299 Å². The van der Waals surface area contributed by atoms with E-state index in [1.54, 1.807) is 30.3 Å². The van der Waals surface area contributed by atoms with Crippen LogP contribution in [0.1, 0.15) is 56.9 Å². The summed E-state index contributed by atoms with van der Waals surface area (Å²) in [6.07, 6.45) is -1.13. The number of guanidine groups is 2. The van der Waals surface area contributed by atoms with Crippen molar-refractivity contribution in [1.29, 1.82) is 0 Å². The Hall–Kier alpha value is -5.99. The van der Waals surface area contributed by atoms with Crippen molar-refractivity contribution in [1.82, 2.24) is 21.3 Å².